The molecule has 6 heteroatoms. The van der Waals surface area contributed by atoms with Crippen LogP contribution in [0.25, 0.3) is 11.3 Å². The molecule has 78 valence electrons. The summed E-state index contributed by atoms with van der Waals surface area (Å²) in [4.78, 5) is 10.6. The van der Waals surface area contributed by atoms with Crippen molar-refractivity contribution in [3.05, 3.63) is 24.2 Å². The van der Waals surface area contributed by atoms with E-state index in [1.165, 1.54) is 6.07 Å². The van der Waals surface area contributed by atoms with Crippen molar-refractivity contribution >= 4 is 5.97 Å². The molecule has 0 atom stereocenters. The zero-order valence-corrected chi connectivity index (χ0v) is 8.04. The van der Waals surface area contributed by atoms with Gasteiger partial charge in [0.25, 0.3) is 0 Å². The van der Waals surface area contributed by atoms with E-state index in [1.807, 2.05) is 6.92 Å². The van der Waals surface area contributed by atoms with Crippen LogP contribution < -0.4 is 0 Å². The molecule has 0 spiro atoms. The van der Waals surface area contributed by atoms with Gasteiger partial charge >= 0.3 is 5.97 Å². The van der Waals surface area contributed by atoms with Crippen molar-refractivity contribution in [2.24, 2.45) is 0 Å². The van der Waals surface area contributed by atoms with E-state index in [2.05, 4.69) is 14.8 Å². The summed E-state index contributed by atoms with van der Waals surface area (Å²) in [6.07, 6.45) is 3.40. The van der Waals surface area contributed by atoms with Crippen molar-refractivity contribution in [1.29, 1.82) is 0 Å². The normalized spacial score (nSPS) is 10.5. The molecular weight excluding hydrogens is 198 g/mol. The van der Waals surface area contributed by atoms with Crippen LogP contribution in [0.2, 0.25) is 0 Å². The Morgan fingerprint density at radius 2 is 2.47 bits per heavy atom. The van der Waals surface area contributed by atoms with E-state index < -0.39 is 5.97 Å². The third-order valence-corrected chi connectivity index (χ3v) is 1.97. The summed E-state index contributed by atoms with van der Waals surface area (Å²) in [5.74, 6) is -1.30. The summed E-state index contributed by atoms with van der Waals surface area (Å²) < 4.78 is 6.36. The fraction of sp³-hybridized carbons (Fsp3) is 0.222. The molecule has 0 saturated heterocycles. The minimum Gasteiger partial charge on any atom is -0.475 e. The SMILES string of the molecule is CCn1cc(-c2cc(C(=O)O)on2)cn1. The Bertz CT molecular complexity index is 486. The fourth-order valence-corrected chi connectivity index (χ4v) is 1.18. The van der Waals surface area contributed by atoms with Gasteiger partial charge in [-0.05, 0) is 6.92 Å². The summed E-state index contributed by atoms with van der Waals surface area (Å²) in [6, 6.07) is 1.37. The van der Waals surface area contributed by atoms with Crippen molar-refractivity contribution in [3.8, 4) is 11.3 Å². The quantitative estimate of drug-likeness (QED) is 0.819. The van der Waals surface area contributed by atoms with Crippen LogP contribution in [0.15, 0.2) is 23.0 Å². The Kier molecular flexibility index (Phi) is 2.24. The zero-order valence-electron chi connectivity index (χ0n) is 8.04. The van der Waals surface area contributed by atoms with Crippen LogP contribution in [0.1, 0.15) is 17.5 Å². The van der Waals surface area contributed by atoms with Crippen LogP contribution in [0.4, 0.5) is 0 Å². The highest BCUT2D eigenvalue weighted by atomic mass is 16.5. The van der Waals surface area contributed by atoms with E-state index in [9.17, 15) is 4.79 Å². The minimum atomic E-state index is -1.13. The lowest BCUT2D eigenvalue weighted by Gasteiger charge is -1.89. The van der Waals surface area contributed by atoms with E-state index in [-0.39, 0.29) is 5.76 Å². The molecule has 0 aliphatic heterocycles. The number of aromatic nitrogens is 3. The lowest BCUT2D eigenvalue weighted by Crippen LogP contribution is -1.92. The number of aryl methyl sites for hydroxylation is 1. The maximum Gasteiger partial charge on any atom is 0.374 e. The molecule has 0 bridgehead atoms. The highest BCUT2D eigenvalue weighted by Gasteiger charge is 2.13. The molecule has 15 heavy (non-hydrogen) atoms. The molecule has 1 N–H and O–H groups in total. The van der Waals surface area contributed by atoms with Gasteiger partial charge in [-0.25, -0.2) is 4.79 Å². The van der Waals surface area contributed by atoms with Gasteiger partial charge in [0.05, 0.1) is 6.20 Å². The average Bonchev–Trinajstić information content (AvgIpc) is 2.86. The third-order valence-electron chi connectivity index (χ3n) is 1.97. The molecule has 2 heterocycles. The maximum atomic E-state index is 10.6. The van der Waals surface area contributed by atoms with E-state index in [4.69, 9.17) is 5.11 Å². The topological polar surface area (TPSA) is 81.2 Å². The molecule has 0 aliphatic rings. The number of nitrogens with zero attached hydrogens (tertiary/aromatic N) is 3. The standard InChI is InChI=1S/C9H9N3O3/c1-2-12-5-6(4-10-12)7-3-8(9(13)14)15-11-7/h3-5H,2H2,1H3,(H,13,14). The number of hydrogen-bond acceptors (Lipinski definition) is 4. The lowest BCUT2D eigenvalue weighted by atomic mass is 10.2. The van der Waals surface area contributed by atoms with Crippen LogP contribution in [0, 0.1) is 0 Å². The highest BCUT2D eigenvalue weighted by molar-refractivity contribution is 5.85. The van der Waals surface area contributed by atoms with Gasteiger partial charge in [-0.3, -0.25) is 4.68 Å². The van der Waals surface area contributed by atoms with E-state index in [0.717, 1.165) is 12.1 Å². The number of carbonyl (C=O) groups is 1. The first kappa shape index (κ1) is 9.45. The van der Waals surface area contributed by atoms with Crippen molar-refractivity contribution in [1.82, 2.24) is 14.9 Å². The lowest BCUT2D eigenvalue weighted by molar-refractivity contribution is 0.0652. The Morgan fingerprint density at radius 3 is 3.00 bits per heavy atom. The molecule has 0 fully saturated rings. The Balaban J connectivity index is 2.32. The van der Waals surface area contributed by atoms with Crippen LogP contribution in [-0.4, -0.2) is 26.0 Å². The van der Waals surface area contributed by atoms with Crippen LogP contribution in [0.3, 0.4) is 0 Å². The van der Waals surface area contributed by atoms with Crippen molar-refractivity contribution < 1.29 is 14.4 Å². The molecule has 0 amide bonds. The van der Waals surface area contributed by atoms with Crippen LogP contribution >= 0.6 is 0 Å². The molecule has 2 aromatic heterocycles. The second-order valence-electron chi connectivity index (χ2n) is 2.97. The van der Waals surface area contributed by atoms with Crippen molar-refractivity contribution in [3.63, 3.8) is 0 Å². The van der Waals surface area contributed by atoms with E-state index >= 15 is 0 Å². The van der Waals surface area contributed by atoms with Crippen LogP contribution in [-0.2, 0) is 6.54 Å². The van der Waals surface area contributed by atoms with Crippen LogP contribution in [0.5, 0.6) is 0 Å². The largest absolute Gasteiger partial charge is 0.475 e. The molecule has 0 aromatic carbocycles. The summed E-state index contributed by atoms with van der Waals surface area (Å²) in [6.45, 7) is 2.71. The third kappa shape index (κ3) is 1.74. The summed E-state index contributed by atoms with van der Waals surface area (Å²) in [5, 5.41) is 16.3. The van der Waals surface area contributed by atoms with Crippen molar-refractivity contribution in [2.75, 3.05) is 0 Å². The zero-order chi connectivity index (χ0) is 10.8. The molecule has 0 aliphatic carbocycles. The van der Waals surface area contributed by atoms with E-state index in [1.54, 1.807) is 17.1 Å². The number of carboxylic acid groups (broad SMARTS) is 1. The van der Waals surface area contributed by atoms with Gasteiger partial charge in [-0.1, -0.05) is 5.16 Å². The summed E-state index contributed by atoms with van der Waals surface area (Å²) >= 11 is 0. The molecule has 2 rings (SSSR count). The van der Waals surface area contributed by atoms with Crippen molar-refractivity contribution in [2.45, 2.75) is 13.5 Å². The first-order valence-electron chi connectivity index (χ1n) is 4.43. The number of hydrogen-bond donors (Lipinski definition) is 1. The van der Waals surface area contributed by atoms with Gasteiger partial charge in [0.15, 0.2) is 0 Å². The van der Waals surface area contributed by atoms with Gasteiger partial charge < -0.3 is 9.63 Å². The molecular formula is C9H9N3O3. The summed E-state index contributed by atoms with van der Waals surface area (Å²) in [7, 11) is 0. The number of aromatic carboxylic acids is 1. The predicted molar refractivity (Wildman–Crippen MR) is 50.4 cm³/mol. The monoisotopic (exact) mass is 207 g/mol. The first-order chi connectivity index (χ1) is 7.20. The average molecular weight is 207 g/mol. The molecule has 0 radical (unpaired) electrons. The second kappa shape index (κ2) is 3.56. The van der Waals surface area contributed by atoms with Gasteiger partial charge in [-0.15, -0.1) is 0 Å². The van der Waals surface area contributed by atoms with Gasteiger partial charge in [0.1, 0.15) is 5.69 Å². The molecule has 6 nitrogen and oxygen atoms in total. The maximum absolute atomic E-state index is 10.6. The molecule has 0 saturated carbocycles. The number of carboxylic acids is 1. The van der Waals surface area contributed by atoms with E-state index in [0.29, 0.717) is 5.69 Å². The Labute approximate surface area is 85.1 Å². The smallest absolute Gasteiger partial charge is 0.374 e. The summed E-state index contributed by atoms with van der Waals surface area (Å²) in [5.41, 5.74) is 1.22. The highest BCUT2D eigenvalue weighted by Crippen LogP contribution is 2.18. The predicted octanol–water partition coefficient (Wildman–Crippen LogP) is 1.26. The molecule has 0 unspecified atom stereocenters. The second-order valence-corrected chi connectivity index (χ2v) is 2.97. The van der Waals surface area contributed by atoms with Gasteiger partial charge in [0.2, 0.25) is 5.76 Å². The molecule has 2 aromatic rings. The minimum absolute atomic E-state index is 0.172. The fourth-order valence-electron chi connectivity index (χ4n) is 1.18. The first-order valence-corrected chi connectivity index (χ1v) is 4.43. The Hall–Kier alpha value is -2.11. The van der Waals surface area contributed by atoms with Gasteiger partial charge in [0, 0.05) is 24.4 Å². The van der Waals surface area contributed by atoms with Gasteiger partial charge in [-0.2, -0.15) is 5.10 Å². The number of rotatable bonds is 3. The Morgan fingerprint density at radius 1 is 1.67 bits per heavy atom.